The number of ether oxygens (including phenoxy) is 1. The molecule has 3 rings (SSSR count). The Morgan fingerprint density at radius 1 is 1.35 bits per heavy atom. The molecule has 0 spiro atoms. The third kappa shape index (κ3) is 3.68. The Morgan fingerprint density at radius 2 is 2.13 bits per heavy atom. The Bertz CT molecular complexity index is 836. The molecule has 1 aliphatic rings. The summed E-state index contributed by atoms with van der Waals surface area (Å²) in [7, 11) is -3.70. The number of halogens is 1. The molecule has 7 heteroatoms. The Labute approximate surface area is 134 Å². The van der Waals surface area contributed by atoms with Gasteiger partial charge in [0, 0.05) is 24.2 Å². The van der Waals surface area contributed by atoms with Crippen molar-refractivity contribution in [2.75, 3.05) is 6.61 Å². The molecule has 1 aromatic carbocycles. The van der Waals surface area contributed by atoms with E-state index in [-0.39, 0.29) is 16.5 Å². The first-order chi connectivity index (χ1) is 10.8. The summed E-state index contributed by atoms with van der Waals surface area (Å²) in [4.78, 5) is 4.14. The van der Waals surface area contributed by atoms with Gasteiger partial charge in [-0.2, -0.15) is 0 Å². The predicted molar refractivity (Wildman–Crippen MR) is 85.1 cm³/mol. The second-order valence-corrected chi connectivity index (χ2v) is 8.14. The third-order valence-corrected chi connectivity index (χ3v) is 5.43. The van der Waals surface area contributed by atoms with E-state index in [9.17, 15) is 12.8 Å². The Hall–Kier alpha value is -1.57. The summed E-state index contributed by atoms with van der Waals surface area (Å²) in [6.07, 6.45) is 2.52. The van der Waals surface area contributed by atoms with E-state index in [0.29, 0.717) is 30.4 Å². The minimum Gasteiger partial charge on any atom is -0.375 e. The van der Waals surface area contributed by atoms with Gasteiger partial charge in [0.05, 0.1) is 11.1 Å². The predicted octanol–water partition coefficient (Wildman–Crippen LogP) is 2.61. The maximum Gasteiger partial charge on any atom is 0.242 e. The van der Waals surface area contributed by atoms with Gasteiger partial charge in [0.2, 0.25) is 10.0 Å². The number of nitrogens with one attached hydrogen (secondary N) is 1. The Kier molecular flexibility index (Phi) is 4.12. The largest absolute Gasteiger partial charge is 0.375 e. The van der Waals surface area contributed by atoms with Gasteiger partial charge in [0.15, 0.2) is 0 Å². The highest BCUT2D eigenvalue weighted by atomic mass is 32.2. The van der Waals surface area contributed by atoms with Crippen LogP contribution in [-0.2, 0) is 14.8 Å². The van der Waals surface area contributed by atoms with E-state index >= 15 is 0 Å². The molecule has 0 saturated carbocycles. The van der Waals surface area contributed by atoms with Crippen LogP contribution in [0.25, 0.3) is 10.9 Å². The van der Waals surface area contributed by atoms with Crippen molar-refractivity contribution in [1.29, 1.82) is 0 Å². The van der Waals surface area contributed by atoms with Crippen LogP contribution < -0.4 is 4.72 Å². The van der Waals surface area contributed by atoms with Crippen molar-refractivity contribution in [2.45, 2.75) is 43.2 Å². The fourth-order valence-electron chi connectivity index (χ4n) is 2.85. The number of nitrogens with zero attached hydrogens (tertiary/aromatic N) is 1. The van der Waals surface area contributed by atoms with Gasteiger partial charge in [-0.1, -0.05) is 0 Å². The summed E-state index contributed by atoms with van der Waals surface area (Å²) in [5.74, 6) is -0.423. The summed E-state index contributed by atoms with van der Waals surface area (Å²) >= 11 is 0. The molecule has 23 heavy (non-hydrogen) atoms. The van der Waals surface area contributed by atoms with E-state index in [1.807, 2.05) is 13.8 Å². The first-order valence-electron chi connectivity index (χ1n) is 7.47. The molecule has 5 nitrogen and oxygen atoms in total. The highest BCUT2D eigenvalue weighted by Crippen LogP contribution is 2.25. The monoisotopic (exact) mass is 338 g/mol. The maximum atomic E-state index is 13.3. The quantitative estimate of drug-likeness (QED) is 0.934. The van der Waals surface area contributed by atoms with E-state index in [1.54, 1.807) is 0 Å². The zero-order valence-corrected chi connectivity index (χ0v) is 13.9. The van der Waals surface area contributed by atoms with Gasteiger partial charge in [-0.3, -0.25) is 4.98 Å². The number of rotatable bonds is 3. The molecule has 124 valence electrons. The van der Waals surface area contributed by atoms with Crippen molar-refractivity contribution < 1.29 is 17.5 Å². The summed E-state index contributed by atoms with van der Waals surface area (Å²) in [5, 5.41) is 0.459. The fraction of sp³-hybridized carbons (Fsp3) is 0.438. The summed E-state index contributed by atoms with van der Waals surface area (Å²) < 4.78 is 46.7. The van der Waals surface area contributed by atoms with Crippen LogP contribution in [0.1, 0.15) is 26.7 Å². The first kappa shape index (κ1) is 16.3. The van der Waals surface area contributed by atoms with Crippen LogP contribution in [0.15, 0.2) is 35.4 Å². The van der Waals surface area contributed by atoms with Crippen molar-refractivity contribution in [2.24, 2.45) is 0 Å². The van der Waals surface area contributed by atoms with Crippen molar-refractivity contribution >= 4 is 20.9 Å². The van der Waals surface area contributed by atoms with Gasteiger partial charge in [-0.05, 0) is 51.0 Å². The van der Waals surface area contributed by atoms with Crippen molar-refractivity contribution in [3.8, 4) is 0 Å². The summed E-state index contributed by atoms with van der Waals surface area (Å²) in [6.45, 7) is 4.39. The molecule has 0 bridgehead atoms. The van der Waals surface area contributed by atoms with Gasteiger partial charge >= 0.3 is 0 Å². The number of aromatic nitrogens is 1. The molecule has 1 saturated heterocycles. The number of benzene rings is 1. The van der Waals surface area contributed by atoms with Crippen molar-refractivity contribution in [3.05, 3.63) is 36.3 Å². The molecular weight excluding hydrogens is 319 g/mol. The van der Waals surface area contributed by atoms with E-state index in [2.05, 4.69) is 9.71 Å². The average molecular weight is 338 g/mol. The van der Waals surface area contributed by atoms with Crippen molar-refractivity contribution in [1.82, 2.24) is 9.71 Å². The van der Waals surface area contributed by atoms with E-state index in [0.717, 1.165) is 0 Å². The normalized spacial score (nSPS) is 21.4. The molecular formula is C16H19FN2O3S. The zero-order valence-electron chi connectivity index (χ0n) is 13.0. The Morgan fingerprint density at radius 3 is 2.87 bits per heavy atom. The standard InChI is InChI=1S/C16H19FN2O3S/c1-16(2)9-13(5-6-22-16)19-23(20,21)14-8-11-7-12(17)3-4-15(11)18-10-14/h3-4,7-8,10,13,19H,5-6,9H2,1-2H3. The number of hydrogen-bond acceptors (Lipinski definition) is 4. The molecule has 2 aromatic rings. The second-order valence-electron chi connectivity index (χ2n) is 6.43. The van der Waals surface area contributed by atoms with Gasteiger partial charge in [0.25, 0.3) is 0 Å². The lowest BCUT2D eigenvalue weighted by Gasteiger charge is -2.35. The number of pyridine rings is 1. The molecule has 1 fully saturated rings. The molecule has 1 atom stereocenters. The molecule has 1 aromatic heterocycles. The second kappa shape index (κ2) is 5.81. The number of fused-ring (bicyclic) bond motifs is 1. The average Bonchev–Trinajstić information content (AvgIpc) is 2.44. The van der Waals surface area contributed by atoms with Crippen LogP contribution in [0.3, 0.4) is 0 Å². The zero-order chi connectivity index (χ0) is 16.7. The molecule has 0 radical (unpaired) electrons. The molecule has 1 aliphatic heterocycles. The topological polar surface area (TPSA) is 68.3 Å². The van der Waals surface area contributed by atoms with Gasteiger partial charge in [-0.15, -0.1) is 0 Å². The lowest BCUT2D eigenvalue weighted by Crippen LogP contribution is -2.45. The summed E-state index contributed by atoms with van der Waals surface area (Å²) in [5.41, 5.74) is 0.202. The van der Waals surface area contributed by atoms with Gasteiger partial charge < -0.3 is 4.74 Å². The fourth-order valence-corrected chi connectivity index (χ4v) is 4.10. The highest BCUT2D eigenvalue weighted by Gasteiger charge is 2.31. The Balaban J connectivity index is 1.87. The van der Waals surface area contributed by atoms with E-state index < -0.39 is 15.8 Å². The van der Waals surface area contributed by atoms with Crippen LogP contribution in [-0.4, -0.2) is 31.7 Å². The van der Waals surface area contributed by atoms with Gasteiger partial charge in [0.1, 0.15) is 10.7 Å². The van der Waals surface area contributed by atoms with Crippen LogP contribution in [0, 0.1) is 5.82 Å². The number of sulfonamides is 1. The SMILES string of the molecule is CC1(C)CC(NS(=O)(=O)c2cnc3ccc(F)cc3c2)CCO1. The van der Waals surface area contributed by atoms with Crippen molar-refractivity contribution in [3.63, 3.8) is 0 Å². The first-order valence-corrected chi connectivity index (χ1v) is 8.95. The van der Waals surface area contributed by atoms with Gasteiger partial charge in [-0.25, -0.2) is 17.5 Å². The number of hydrogen-bond donors (Lipinski definition) is 1. The lowest BCUT2D eigenvalue weighted by atomic mass is 9.95. The lowest BCUT2D eigenvalue weighted by molar-refractivity contribution is -0.0599. The molecule has 0 amide bonds. The smallest absolute Gasteiger partial charge is 0.242 e. The maximum absolute atomic E-state index is 13.3. The molecule has 1 N–H and O–H groups in total. The van der Waals surface area contributed by atoms with Crippen LogP contribution in [0.2, 0.25) is 0 Å². The van der Waals surface area contributed by atoms with Crippen LogP contribution >= 0.6 is 0 Å². The molecule has 0 aliphatic carbocycles. The van der Waals surface area contributed by atoms with E-state index in [4.69, 9.17) is 4.74 Å². The third-order valence-electron chi connectivity index (χ3n) is 3.95. The highest BCUT2D eigenvalue weighted by molar-refractivity contribution is 7.89. The van der Waals surface area contributed by atoms with Crippen LogP contribution in [0.4, 0.5) is 4.39 Å². The van der Waals surface area contributed by atoms with Crippen LogP contribution in [0.5, 0.6) is 0 Å². The minimum atomic E-state index is -3.70. The van der Waals surface area contributed by atoms with E-state index in [1.165, 1.54) is 30.5 Å². The minimum absolute atomic E-state index is 0.0416. The molecule has 1 unspecified atom stereocenters. The molecule has 2 heterocycles. The summed E-state index contributed by atoms with van der Waals surface area (Å²) in [6, 6.07) is 5.35.